The molecule has 2 aliphatic rings. The van der Waals surface area contributed by atoms with Gasteiger partial charge in [-0.05, 0) is 49.4 Å². The maximum atomic E-state index is 13.4. The minimum Gasteiger partial charge on any atom is -0.357 e. The van der Waals surface area contributed by atoms with E-state index in [0.717, 1.165) is 36.4 Å². The van der Waals surface area contributed by atoms with Crippen molar-refractivity contribution in [3.63, 3.8) is 0 Å². The predicted molar refractivity (Wildman–Crippen MR) is 74.0 cm³/mol. The molecule has 0 saturated carbocycles. The number of nitrogens with zero attached hydrogens (tertiary/aromatic N) is 1. The summed E-state index contributed by atoms with van der Waals surface area (Å²) >= 11 is 5.48. The zero-order valence-electron chi connectivity index (χ0n) is 10.4. The van der Waals surface area contributed by atoms with E-state index in [-0.39, 0.29) is 17.4 Å². The van der Waals surface area contributed by atoms with Crippen molar-refractivity contribution in [3.05, 3.63) is 35.1 Å². The van der Waals surface area contributed by atoms with Gasteiger partial charge in [-0.1, -0.05) is 18.3 Å². The SMILES string of the molecule is C[C@]1(N)CCN([C@@H]2CCc3ccc(F)cc32)C1=S. The Morgan fingerprint density at radius 2 is 2.28 bits per heavy atom. The zero-order chi connectivity index (χ0) is 12.9. The van der Waals surface area contributed by atoms with Crippen molar-refractivity contribution in [2.45, 2.75) is 37.8 Å². The molecular weight excluding hydrogens is 247 g/mol. The molecule has 0 bridgehead atoms. The first-order valence-corrected chi connectivity index (χ1v) is 6.78. The van der Waals surface area contributed by atoms with Gasteiger partial charge in [0.1, 0.15) is 5.82 Å². The number of aryl methyl sites for hydroxylation is 1. The second kappa shape index (κ2) is 4.00. The van der Waals surface area contributed by atoms with Crippen LogP contribution in [0, 0.1) is 5.82 Å². The van der Waals surface area contributed by atoms with Crippen molar-refractivity contribution < 1.29 is 4.39 Å². The number of nitrogens with two attached hydrogens (primary N) is 1. The third kappa shape index (κ3) is 1.75. The van der Waals surface area contributed by atoms with Crippen LogP contribution < -0.4 is 5.73 Å². The van der Waals surface area contributed by atoms with Crippen LogP contribution in [0.3, 0.4) is 0 Å². The molecule has 4 heteroatoms. The topological polar surface area (TPSA) is 29.3 Å². The van der Waals surface area contributed by atoms with E-state index in [2.05, 4.69) is 4.90 Å². The second-order valence-electron chi connectivity index (χ2n) is 5.56. The number of hydrogen-bond acceptors (Lipinski definition) is 2. The first-order chi connectivity index (χ1) is 8.49. The molecule has 1 saturated heterocycles. The minimum atomic E-state index is -0.384. The number of thiocarbonyl (C=S) groups is 1. The van der Waals surface area contributed by atoms with E-state index in [0.29, 0.717) is 0 Å². The van der Waals surface area contributed by atoms with Crippen molar-refractivity contribution >= 4 is 17.2 Å². The third-order valence-corrected chi connectivity index (χ3v) is 4.85. The number of rotatable bonds is 1. The first-order valence-electron chi connectivity index (χ1n) is 6.37. The fourth-order valence-electron chi connectivity index (χ4n) is 3.06. The molecule has 18 heavy (non-hydrogen) atoms. The Balaban J connectivity index is 1.93. The molecule has 0 aromatic heterocycles. The second-order valence-corrected chi connectivity index (χ2v) is 5.95. The lowest BCUT2D eigenvalue weighted by Crippen LogP contribution is -2.44. The normalized spacial score (nSPS) is 30.9. The molecule has 1 fully saturated rings. The Bertz CT molecular complexity index is 513. The number of benzene rings is 1. The predicted octanol–water partition coefficient (Wildman–Crippen LogP) is 2.56. The summed E-state index contributed by atoms with van der Waals surface area (Å²) in [5.41, 5.74) is 8.13. The lowest BCUT2D eigenvalue weighted by Gasteiger charge is -2.29. The smallest absolute Gasteiger partial charge is 0.123 e. The zero-order valence-corrected chi connectivity index (χ0v) is 11.3. The Morgan fingerprint density at radius 1 is 1.50 bits per heavy atom. The number of halogens is 1. The molecule has 1 heterocycles. The van der Waals surface area contributed by atoms with E-state index < -0.39 is 0 Å². The lowest BCUT2D eigenvalue weighted by molar-refractivity contribution is 0.343. The fraction of sp³-hybridized carbons (Fsp3) is 0.500. The molecule has 0 amide bonds. The molecule has 2 nitrogen and oxygen atoms in total. The maximum Gasteiger partial charge on any atom is 0.123 e. The number of hydrogen-bond donors (Lipinski definition) is 1. The highest BCUT2D eigenvalue weighted by Crippen LogP contribution is 2.40. The van der Waals surface area contributed by atoms with Crippen LogP contribution in [0.5, 0.6) is 0 Å². The average molecular weight is 264 g/mol. The van der Waals surface area contributed by atoms with Gasteiger partial charge in [0.05, 0.1) is 16.6 Å². The van der Waals surface area contributed by atoms with E-state index in [9.17, 15) is 4.39 Å². The molecule has 96 valence electrons. The largest absolute Gasteiger partial charge is 0.357 e. The van der Waals surface area contributed by atoms with Crippen LogP contribution in [-0.4, -0.2) is 22.0 Å². The van der Waals surface area contributed by atoms with E-state index in [1.165, 1.54) is 11.6 Å². The van der Waals surface area contributed by atoms with Crippen molar-refractivity contribution in [2.75, 3.05) is 6.54 Å². The van der Waals surface area contributed by atoms with Crippen LogP contribution in [-0.2, 0) is 6.42 Å². The highest BCUT2D eigenvalue weighted by Gasteiger charge is 2.41. The van der Waals surface area contributed by atoms with Crippen molar-refractivity contribution in [2.24, 2.45) is 5.73 Å². The maximum absolute atomic E-state index is 13.4. The van der Waals surface area contributed by atoms with Gasteiger partial charge in [0.25, 0.3) is 0 Å². The van der Waals surface area contributed by atoms with Crippen LogP contribution >= 0.6 is 12.2 Å². The third-order valence-electron chi connectivity index (χ3n) is 4.15. The summed E-state index contributed by atoms with van der Waals surface area (Å²) in [4.78, 5) is 3.02. The molecule has 0 radical (unpaired) electrons. The summed E-state index contributed by atoms with van der Waals surface area (Å²) in [5, 5.41) is 0. The van der Waals surface area contributed by atoms with E-state index >= 15 is 0 Å². The molecule has 1 aromatic carbocycles. The Hall–Kier alpha value is -1.00. The Morgan fingerprint density at radius 3 is 2.94 bits per heavy atom. The van der Waals surface area contributed by atoms with Gasteiger partial charge in [-0.25, -0.2) is 4.39 Å². The summed E-state index contributed by atoms with van der Waals surface area (Å²) in [6.07, 6.45) is 2.89. The van der Waals surface area contributed by atoms with Crippen LogP contribution in [0.4, 0.5) is 4.39 Å². The summed E-state index contributed by atoms with van der Waals surface area (Å²) in [5.74, 6) is -0.165. The van der Waals surface area contributed by atoms with Gasteiger partial charge in [-0.3, -0.25) is 0 Å². The monoisotopic (exact) mass is 264 g/mol. The first kappa shape index (κ1) is 12.1. The quantitative estimate of drug-likeness (QED) is 0.790. The van der Waals surface area contributed by atoms with Gasteiger partial charge >= 0.3 is 0 Å². The van der Waals surface area contributed by atoms with Crippen molar-refractivity contribution in [1.82, 2.24) is 4.90 Å². The van der Waals surface area contributed by atoms with Gasteiger partial charge in [-0.2, -0.15) is 0 Å². The Labute approximate surface area is 112 Å². The molecule has 1 aliphatic carbocycles. The van der Waals surface area contributed by atoms with Crippen LogP contribution in [0.15, 0.2) is 18.2 Å². The molecule has 0 unspecified atom stereocenters. The average Bonchev–Trinajstić information content (AvgIpc) is 2.82. The Kier molecular flexibility index (Phi) is 2.68. The van der Waals surface area contributed by atoms with Crippen LogP contribution in [0.1, 0.15) is 36.9 Å². The summed E-state index contributed by atoms with van der Waals surface area (Å²) in [6, 6.07) is 5.30. The van der Waals surface area contributed by atoms with Gasteiger partial charge in [-0.15, -0.1) is 0 Å². The van der Waals surface area contributed by atoms with E-state index in [1.54, 1.807) is 6.07 Å². The van der Waals surface area contributed by atoms with Crippen molar-refractivity contribution in [3.8, 4) is 0 Å². The van der Waals surface area contributed by atoms with Crippen LogP contribution in [0.25, 0.3) is 0 Å². The van der Waals surface area contributed by atoms with E-state index in [4.69, 9.17) is 18.0 Å². The molecule has 1 aliphatic heterocycles. The van der Waals surface area contributed by atoms with E-state index in [1.807, 2.05) is 13.0 Å². The van der Waals surface area contributed by atoms with Gasteiger partial charge in [0.15, 0.2) is 0 Å². The molecule has 3 rings (SSSR count). The fourth-order valence-corrected chi connectivity index (χ4v) is 3.38. The minimum absolute atomic E-state index is 0.165. The van der Waals surface area contributed by atoms with Crippen LogP contribution in [0.2, 0.25) is 0 Å². The standard InChI is InChI=1S/C14H17FN2S/c1-14(16)6-7-17(13(14)18)12-5-3-9-2-4-10(15)8-11(9)12/h2,4,8,12H,3,5-7,16H2,1H3/t12-,14+/m1/s1. The highest BCUT2D eigenvalue weighted by molar-refractivity contribution is 7.80. The molecule has 1 aromatic rings. The molecule has 0 spiro atoms. The lowest BCUT2D eigenvalue weighted by atomic mass is 10.0. The highest BCUT2D eigenvalue weighted by atomic mass is 32.1. The van der Waals surface area contributed by atoms with Crippen molar-refractivity contribution in [1.29, 1.82) is 0 Å². The summed E-state index contributed by atoms with van der Waals surface area (Å²) in [7, 11) is 0. The molecule has 2 N–H and O–H groups in total. The molecular formula is C14H17FN2S. The van der Waals surface area contributed by atoms with Gasteiger partial charge < -0.3 is 10.6 Å². The summed E-state index contributed by atoms with van der Waals surface area (Å²) < 4.78 is 13.4. The summed E-state index contributed by atoms with van der Waals surface area (Å²) in [6.45, 7) is 2.86. The van der Waals surface area contributed by atoms with Gasteiger partial charge in [0, 0.05) is 6.54 Å². The number of likely N-dealkylation sites (tertiary alicyclic amines) is 1. The number of fused-ring (bicyclic) bond motifs is 1. The van der Waals surface area contributed by atoms with Gasteiger partial charge in [0.2, 0.25) is 0 Å². The molecule has 2 atom stereocenters.